The van der Waals surface area contributed by atoms with E-state index in [1.165, 1.54) is 11.1 Å². The molecule has 1 heterocycles. The topological polar surface area (TPSA) is 18.5 Å². The van der Waals surface area contributed by atoms with E-state index in [0.29, 0.717) is 6.04 Å². The number of piperazine rings is 1. The molecule has 1 fully saturated rings. The van der Waals surface area contributed by atoms with Crippen LogP contribution in [0.15, 0.2) is 60.7 Å². The van der Waals surface area contributed by atoms with Crippen molar-refractivity contribution < 1.29 is 0 Å². The molecule has 3 nitrogen and oxygen atoms in total. The van der Waals surface area contributed by atoms with E-state index in [0.717, 1.165) is 31.3 Å². The summed E-state index contributed by atoms with van der Waals surface area (Å²) in [5, 5.41) is 4.27. The highest BCUT2D eigenvalue weighted by Crippen LogP contribution is 2.24. The molecule has 23 heavy (non-hydrogen) atoms. The molecule has 2 aromatic carbocycles. The number of hydrogen-bond donors (Lipinski definition) is 1. The molecule has 3 rings (SSSR count). The van der Waals surface area contributed by atoms with E-state index in [9.17, 15) is 0 Å². The number of nitrogens with one attached hydrogen (secondary N) is 1. The molecule has 1 N–H and O–H groups in total. The first kappa shape index (κ1) is 16.0. The van der Waals surface area contributed by atoms with Crippen LogP contribution in [0.3, 0.4) is 0 Å². The van der Waals surface area contributed by atoms with Gasteiger partial charge in [0.2, 0.25) is 0 Å². The van der Waals surface area contributed by atoms with Gasteiger partial charge in [-0.25, -0.2) is 0 Å². The van der Waals surface area contributed by atoms with Gasteiger partial charge in [-0.2, -0.15) is 0 Å². The molecule has 0 saturated carbocycles. The van der Waals surface area contributed by atoms with Crippen molar-refractivity contribution in [1.29, 1.82) is 0 Å². The van der Waals surface area contributed by atoms with Crippen LogP contribution in [-0.2, 0) is 6.54 Å². The third-order valence-corrected chi connectivity index (χ3v) is 4.69. The molecule has 0 unspecified atom stereocenters. The second-order valence-corrected chi connectivity index (χ2v) is 6.41. The van der Waals surface area contributed by atoms with Gasteiger partial charge >= 0.3 is 0 Å². The zero-order valence-electron chi connectivity index (χ0n) is 13.5. The predicted molar refractivity (Wildman–Crippen MR) is 99.3 cm³/mol. The number of benzene rings is 2. The van der Waals surface area contributed by atoms with Gasteiger partial charge < -0.3 is 15.1 Å². The van der Waals surface area contributed by atoms with E-state index in [4.69, 9.17) is 12.2 Å². The summed E-state index contributed by atoms with van der Waals surface area (Å²) >= 11 is 5.69. The minimum absolute atomic E-state index is 0.311. The minimum atomic E-state index is 0.311. The van der Waals surface area contributed by atoms with Gasteiger partial charge in [0, 0.05) is 26.2 Å². The molecule has 1 aliphatic rings. The van der Waals surface area contributed by atoms with E-state index >= 15 is 0 Å². The normalized spacial score (nSPS) is 18.7. The van der Waals surface area contributed by atoms with E-state index < -0.39 is 0 Å². The highest BCUT2D eigenvalue weighted by atomic mass is 32.1. The summed E-state index contributed by atoms with van der Waals surface area (Å²) < 4.78 is 0. The standard InChI is InChI=1S/C19H23N3S/c1-21-12-13-22(18(15-21)17-10-6-3-7-11-17)19(23)20-14-16-8-4-2-5-9-16/h2-11,18H,12-15H2,1H3,(H,20,23)/t18-/m0/s1. The average molecular weight is 325 g/mol. The molecule has 0 bridgehead atoms. The first-order valence-electron chi connectivity index (χ1n) is 8.06. The first-order chi connectivity index (χ1) is 11.2. The summed E-state index contributed by atoms with van der Waals surface area (Å²) in [6, 6.07) is 21.3. The number of thiocarbonyl (C=S) groups is 1. The molecule has 1 atom stereocenters. The van der Waals surface area contributed by atoms with Crippen LogP contribution in [0.2, 0.25) is 0 Å². The van der Waals surface area contributed by atoms with Crippen LogP contribution in [0.4, 0.5) is 0 Å². The van der Waals surface area contributed by atoms with Crippen molar-refractivity contribution in [3.63, 3.8) is 0 Å². The third kappa shape index (κ3) is 4.09. The maximum Gasteiger partial charge on any atom is 0.169 e. The Bertz CT molecular complexity index is 630. The number of rotatable bonds is 3. The summed E-state index contributed by atoms with van der Waals surface area (Å²) in [6.07, 6.45) is 0. The van der Waals surface area contributed by atoms with Crippen molar-refractivity contribution in [3.8, 4) is 0 Å². The Balaban J connectivity index is 1.69. The van der Waals surface area contributed by atoms with E-state index in [1.807, 2.05) is 6.07 Å². The van der Waals surface area contributed by atoms with E-state index in [2.05, 4.69) is 76.8 Å². The highest BCUT2D eigenvalue weighted by molar-refractivity contribution is 7.80. The zero-order valence-corrected chi connectivity index (χ0v) is 14.3. The number of likely N-dealkylation sites (N-methyl/N-ethyl adjacent to an activating group) is 1. The molecule has 2 aromatic rings. The van der Waals surface area contributed by atoms with Crippen LogP contribution >= 0.6 is 12.2 Å². The van der Waals surface area contributed by atoms with Crippen LogP contribution in [0.25, 0.3) is 0 Å². The average Bonchev–Trinajstić information content (AvgIpc) is 2.61. The van der Waals surface area contributed by atoms with Crippen LogP contribution in [0.1, 0.15) is 17.2 Å². The van der Waals surface area contributed by atoms with Gasteiger partial charge in [0.05, 0.1) is 6.04 Å². The highest BCUT2D eigenvalue weighted by Gasteiger charge is 2.28. The van der Waals surface area contributed by atoms with Crippen molar-refractivity contribution in [2.24, 2.45) is 0 Å². The number of nitrogens with zero attached hydrogens (tertiary/aromatic N) is 2. The zero-order chi connectivity index (χ0) is 16.1. The van der Waals surface area contributed by atoms with Gasteiger partial charge in [0.25, 0.3) is 0 Å². The molecule has 120 valence electrons. The smallest absolute Gasteiger partial charge is 0.169 e. The SMILES string of the molecule is CN1CCN(C(=S)NCc2ccccc2)[C@H](c2ccccc2)C1. The molecule has 0 radical (unpaired) electrons. The Kier molecular flexibility index (Phi) is 5.26. The van der Waals surface area contributed by atoms with Crippen LogP contribution < -0.4 is 5.32 Å². The fourth-order valence-electron chi connectivity index (χ4n) is 3.00. The third-order valence-electron chi connectivity index (χ3n) is 4.32. The Labute approximate surface area is 143 Å². The van der Waals surface area contributed by atoms with Gasteiger partial charge in [-0.3, -0.25) is 0 Å². The lowest BCUT2D eigenvalue weighted by molar-refractivity contribution is 0.150. The fourth-order valence-corrected chi connectivity index (χ4v) is 3.29. The van der Waals surface area contributed by atoms with Gasteiger partial charge in [-0.05, 0) is 30.4 Å². The van der Waals surface area contributed by atoms with Crippen LogP contribution in [0.5, 0.6) is 0 Å². The lowest BCUT2D eigenvalue weighted by atomic mass is 10.0. The Morgan fingerprint density at radius 2 is 1.70 bits per heavy atom. The quantitative estimate of drug-likeness (QED) is 0.874. The van der Waals surface area contributed by atoms with E-state index in [1.54, 1.807) is 0 Å². The van der Waals surface area contributed by atoms with E-state index in [-0.39, 0.29) is 0 Å². The Morgan fingerprint density at radius 3 is 2.39 bits per heavy atom. The second kappa shape index (κ2) is 7.57. The summed E-state index contributed by atoms with van der Waals surface area (Å²) in [5.41, 5.74) is 2.57. The molecular weight excluding hydrogens is 302 g/mol. The van der Waals surface area contributed by atoms with Crippen molar-refractivity contribution in [3.05, 3.63) is 71.8 Å². The Morgan fingerprint density at radius 1 is 1.04 bits per heavy atom. The van der Waals surface area contributed by atoms with Gasteiger partial charge in [-0.1, -0.05) is 60.7 Å². The second-order valence-electron chi connectivity index (χ2n) is 6.03. The lowest BCUT2D eigenvalue weighted by Crippen LogP contribution is -2.52. The predicted octanol–water partition coefficient (Wildman–Crippen LogP) is 3.05. The van der Waals surface area contributed by atoms with Crippen LogP contribution in [-0.4, -0.2) is 41.6 Å². The summed E-state index contributed by atoms with van der Waals surface area (Å²) in [6.45, 7) is 3.76. The molecule has 0 aliphatic carbocycles. The lowest BCUT2D eigenvalue weighted by Gasteiger charge is -2.41. The molecular formula is C19H23N3S. The summed E-state index contributed by atoms with van der Waals surface area (Å²) in [7, 11) is 2.17. The number of hydrogen-bond acceptors (Lipinski definition) is 2. The maximum atomic E-state index is 5.69. The summed E-state index contributed by atoms with van der Waals surface area (Å²) in [4.78, 5) is 4.70. The molecule has 0 amide bonds. The monoisotopic (exact) mass is 325 g/mol. The van der Waals surface area contributed by atoms with Gasteiger partial charge in [0.15, 0.2) is 5.11 Å². The van der Waals surface area contributed by atoms with Gasteiger partial charge in [-0.15, -0.1) is 0 Å². The minimum Gasteiger partial charge on any atom is -0.358 e. The van der Waals surface area contributed by atoms with Crippen molar-refractivity contribution in [2.75, 3.05) is 26.7 Å². The molecule has 4 heteroatoms. The molecule has 1 aliphatic heterocycles. The summed E-state index contributed by atoms with van der Waals surface area (Å²) in [5.74, 6) is 0. The molecule has 0 aromatic heterocycles. The van der Waals surface area contributed by atoms with Crippen molar-refractivity contribution >= 4 is 17.3 Å². The molecule has 1 saturated heterocycles. The van der Waals surface area contributed by atoms with Gasteiger partial charge in [0.1, 0.15) is 0 Å². The first-order valence-corrected chi connectivity index (χ1v) is 8.47. The van der Waals surface area contributed by atoms with Crippen LogP contribution in [0, 0.1) is 0 Å². The molecule has 0 spiro atoms. The largest absolute Gasteiger partial charge is 0.358 e. The Hall–Kier alpha value is -1.91. The van der Waals surface area contributed by atoms with Crippen molar-refractivity contribution in [1.82, 2.24) is 15.1 Å². The van der Waals surface area contributed by atoms with Crippen molar-refractivity contribution in [2.45, 2.75) is 12.6 Å². The maximum absolute atomic E-state index is 5.69. The fraction of sp³-hybridized carbons (Fsp3) is 0.316.